The molecule has 108 valence electrons. The molecular formula is C16H23N3S. The van der Waals surface area contributed by atoms with Crippen molar-refractivity contribution >= 4 is 11.3 Å². The van der Waals surface area contributed by atoms with Gasteiger partial charge in [0.25, 0.3) is 0 Å². The summed E-state index contributed by atoms with van der Waals surface area (Å²) in [5, 5.41) is 5.66. The topological polar surface area (TPSA) is 29.9 Å². The van der Waals surface area contributed by atoms with Gasteiger partial charge in [-0.05, 0) is 49.4 Å². The molecular weight excluding hydrogens is 266 g/mol. The van der Waals surface area contributed by atoms with E-state index in [0.29, 0.717) is 0 Å². The second-order valence-electron chi connectivity index (χ2n) is 5.94. The summed E-state index contributed by atoms with van der Waals surface area (Å²) in [6.45, 7) is 7.81. The third-order valence-corrected chi connectivity index (χ3v) is 5.52. The zero-order valence-corrected chi connectivity index (χ0v) is 13.2. The Kier molecular flexibility index (Phi) is 3.94. The average molecular weight is 289 g/mol. The first-order valence-corrected chi connectivity index (χ1v) is 8.37. The Balaban J connectivity index is 1.86. The van der Waals surface area contributed by atoms with E-state index in [-0.39, 0.29) is 5.41 Å². The van der Waals surface area contributed by atoms with Gasteiger partial charge < -0.3 is 9.88 Å². The van der Waals surface area contributed by atoms with Crippen LogP contribution in [-0.2, 0) is 18.4 Å². The highest BCUT2D eigenvalue weighted by atomic mass is 32.1. The molecule has 0 atom stereocenters. The molecule has 0 unspecified atom stereocenters. The maximum absolute atomic E-state index is 4.43. The van der Waals surface area contributed by atoms with Crippen molar-refractivity contribution in [2.75, 3.05) is 13.1 Å². The van der Waals surface area contributed by atoms with Gasteiger partial charge in [-0.3, -0.25) is 0 Å². The van der Waals surface area contributed by atoms with E-state index in [4.69, 9.17) is 0 Å². The Hall–Kier alpha value is -1.13. The van der Waals surface area contributed by atoms with Gasteiger partial charge in [-0.15, -0.1) is 11.3 Å². The number of aromatic nitrogens is 2. The van der Waals surface area contributed by atoms with E-state index >= 15 is 0 Å². The molecule has 3 heterocycles. The van der Waals surface area contributed by atoms with E-state index in [0.717, 1.165) is 26.1 Å². The molecule has 1 saturated heterocycles. The summed E-state index contributed by atoms with van der Waals surface area (Å²) in [6, 6.07) is 2.25. The largest absolute Gasteiger partial charge is 0.329 e. The first kappa shape index (κ1) is 13.8. The van der Waals surface area contributed by atoms with Crippen LogP contribution in [0.1, 0.15) is 42.8 Å². The van der Waals surface area contributed by atoms with E-state index in [1.807, 2.05) is 17.7 Å². The summed E-state index contributed by atoms with van der Waals surface area (Å²) in [7, 11) is 0. The van der Waals surface area contributed by atoms with E-state index in [9.17, 15) is 0 Å². The quantitative estimate of drug-likeness (QED) is 0.937. The number of aryl methyl sites for hydroxylation is 1. The molecule has 2 aromatic heterocycles. The van der Waals surface area contributed by atoms with Crippen molar-refractivity contribution in [2.45, 2.75) is 45.1 Å². The van der Waals surface area contributed by atoms with Crippen LogP contribution in [0.3, 0.4) is 0 Å². The van der Waals surface area contributed by atoms with E-state index in [1.54, 1.807) is 0 Å². The molecule has 0 amide bonds. The number of thiophene rings is 1. The van der Waals surface area contributed by atoms with Gasteiger partial charge in [-0.1, -0.05) is 13.8 Å². The third-order valence-electron chi connectivity index (χ3n) is 4.57. The summed E-state index contributed by atoms with van der Waals surface area (Å²) in [6.07, 6.45) is 7.59. The second kappa shape index (κ2) is 5.70. The number of hydrogen-bond donors (Lipinski definition) is 1. The monoisotopic (exact) mass is 289 g/mol. The Labute approximate surface area is 125 Å². The zero-order valence-electron chi connectivity index (χ0n) is 12.4. The summed E-state index contributed by atoms with van der Waals surface area (Å²) in [5.41, 5.74) is 3.14. The fourth-order valence-electron chi connectivity index (χ4n) is 3.16. The number of hydrogen-bond acceptors (Lipinski definition) is 3. The molecule has 1 aliphatic rings. The molecule has 20 heavy (non-hydrogen) atoms. The van der Waals surface area contributed by atoms with Gasteiger partial charge in [-0.2, -0.15) is 0 Å². The molecule has 1 N–H and O–H groups in total. The van der Waals surface area contributed by atoms with Gasteiger partial charge >= 0.3 is 0 Å². The Bertz CT molecular complexity index is 564. The van der Waals surface area contributed by atoms with Crippen LogP contribution in [0.4, 0.5) is 0 Å². The molecule has 1 fully saturated rings. The lowest BCUT2D eigenvalue weighted by Gasteiger charge is -2.34. The minimum atomic E-state index is 0.269. The minimum absolute atomic E-state index is 0.269. The van der Waals surface area contributed by atoms with Crippen LogP contribution in [0.2, 0.25) is 0 Å². The maximum Gasteiger partial charge on any atom is 0.0951 e. The normalized spacial score (nSPS) is 18.3. The molecule has 3 rings (SSSR count). The Morgan fingerprint density at radius 3 is 2.95 bits per heavy atom. The highest BCUT2D eigenvalue weighted by molar-refractivity contribution is 7.10. The van der Waals surface area contributed by atoms with Crippen LogP contribution < -0.4 is 5.32 Å². The van der Waals surface area contributed by atoms with Crippen molar-refractivity contribution in [1.29, 1.82) is 0 Å². The van der Waals surface area contributed by atoms with Crippen LogP contribution in [0.25, 0.3) is 0 Å². The van der Waals surface area contributed by atoms with E-state index in [1.165, 1.54) is 29.0 Å². The lowest BCUT2D eigenvalue weighted by molar-refractivity contribution is 0.319. The lowest BCUT2D eigenvalue weighted by Crippen LogP contribution is -2.39. The second-order valence-corrected chi connectivity index (χ2v) is 6.94. The predicted octanol–water partition coefficient (Wildman–Crippen LogP) is 3.20. The zero-order chi connectivity index (χ0) is 14.0. The van der Waals surface area contributed by atoms with Crippen molar-refractivity contribution in [1.82, 2.24) is 14.9 Å². The van der Waals surface area contributed by atoms with Gasteiger partial charge in [0.1, 0.15) is 0 Å². The summed E-state index contributed by atoms with van der Waals surface area (Å²) in [5.74, 6) is 0. The van der Waals surface area contributed by atoms with Crippen LogP contribution in [0.15, 0.2) is 24.0 Å². The van der Waals surface area contributed by atoms with E-state index < -0.39 is 0 Å². The standard InChI is InChI=1S/C16H23N3S/c1-3-13-4-9-20-14(13)11-19-12-18-10-15(19)16(2)5-7-17-8-6-16/h4,9-10,12,17H,3,5-8,11H2,1-2H3. The fraction of sp³-hybridized carbons (Fsp3) is 0.562. The van der Waals surface area contributed by atoms with Crippen molar-refractivity contribution in [2.24, 2.45) is 0 Å². The number of rotatable bonds is 4. The molecule has 1 aliphatic heterocycles. The molecule has 0 aromatic carbocycles. The van der Waals surface area contributed by atoms with Gasteiger partial charge in [0, 0.05) is 22.2 Å². The molecule has 0 radical (unpaired) electrons. The predicted molar refractivity (Wildman–Crippen MR) is 84.5 cm³/mol. The molecule has 4 heteroatoms. The Morgan fingerprint density at radius 1 is 1.40 bits per heavy atom. The van der Waals surface area contributed by atoms with Crippen LogP contribution in [-0.4, -0.2) is 22.6 Å². The average Bonchev–Trinajstić information content (AvgIpc) is 3.09. The third kappa shape index (κ3) is 2.54. The first-order chi connectivity index (χ1) is 9.73. The van der Waals surface area contributed by atoms with Crippen LogP contribution >= 0.6 is 11.3 Å². The lowest BCUT2D eigenvalue weighted by atomic mass is 9.78. The Morgan fingerprint density at radius 2 is 2.20 bits per heavy atom. The molecule has 0 bridgehead atoms. The number of nitrogens with one attached hydrogen (secondary N) is 1. The van der Waals surface area contributed by atoms with Crippen LogP contribution in [0.5, 0.6) is 0 Å². The minimum Gasteiger partial charge on any atom is -0.329 e. The molecule has 0 saturated carbocycles. The number of imidazole rings is 1. The molecule has 0 spiro atoms. The smallest absolute Gasteiger partial charge is 0.0951 e. The van der Waals surface area contributed by atoms with Gasteiger partial charge in [0.15, 0.2) is 0 Å². The molecule has 3 nitrogen and oxygen atoms in total. The molecule has 2 aromatic rings. The fourth-order valence-corrected chi connectivity index (χ4v) is 4.13. The van der Waals surface area contributed by atoms with Gasteiger partial charge in [-0.25, -0.2) is 4.98 Å². The highest BCUT2D eigenvalue weighted by Gasteiger charge is 2.31. The van der Waals surface area contributed by atoms with Gasteiger partial charge in [0.2, 0.25) is 0 Å². The van der Waals surface area contributed by atoms with E-state index in [2.05, 4.69) is 46.4 Å². The summed E-state index contributed by atoms with van der Waals surface area (Å²) < 4.78 is 2.36. The van der Waals surface area contributed by atoms with Crippen molar-refractivity contribution in [3.8, 4) is 0 Å². The number of nitrogens with zero attached hydrogens (tertiary/aromatic N) is 2. The maximum atomic E-state index is 4.43. The highest BCUT2D eigenvalue weighted by Crippen LogP contribution is 2.33. The molecule has 0 aliphatic carbocycles. The summed E-state index contributed by atoms with van der Waals surface area (Å²) in [4.78, 5) is 5.90. The van der Waals surface area contributed by atoms with Crippen LogP contribution in [0, 0.1) is 0 Å². The SMILES string of the molecule is CCc1ccsc1Cn1cncc1C1(C)CCNCC1. The summed E-state index contributed by atoms with van der Waals surface area (Å²) >= 11 is 1.87. The number of piperidine rings is 1. The van der Waals surface area contributed by atoms with Crippen molar-refractivity contribution < 1.29 is 0 Å². The first-order valence-electron chi connectivity index (χ1n) is 7.49. The van der Waals surface area contributed by atoms with Gasteiger partial charge in [0.05, 0.1) is 12.9 Å². The van der Waals surface area contributed by atoms with Crippen molar-refractivity contribution in [3.05, 3.63) is 40.1 Å². The van der Waals surface area contributed by atoms with Crippen molar-refractivity contribution in [3.63, 3.8) is 0 Å².